The van der Waals surface area contributed by atoms with Crippen LogP contribution in [-0.2, 0) is 7.05 Å². The number of rotatable bonds is 3. The fraction of sp³-hybridized carbons (Fsp3) is 0.238. The molecule has 0 bridgehead atoms. The molecular weight excluding hydrogens is 378 g/mol. The topological polar surface area (TPSA) is 65.4 Å². The second kappa shape index (κ2) is 7.56. The van der Waals surface area contributed by atoms with Crippen LogP contribution in [0.3, 0.4) is 0 Å². The molecule has 1 amide bonds. The van der Waals surface area contributed by atoms with Gasteiger partial charge in [0, 0.05) is 35.9 Å². The highest BCUT2D eigenvalue weighted by molar-refractivity contribution is 6.31. The van der Waals surface area contributed by atoms with Gasteiger partial charge in [0.1, 0.15) is 5.69 Å². The second-order valence-electron chi connectivity index (χ2n) is 6.70. The molecule has 0 radical (unpaired) electrons. The third-order valence-corrected chi connectivity index (χ3v) is 4.93. The minimum absolute atomic E-state index is 0.255. The zero-order valence-corrected chi connectivity index (χ0v) is 16.4. The predicted octanol–water partition coefficient (Wildman–Crippen LogP) is 4.46. The van der Waals surface area contributed by atoms with Crippen molar-refractivity contribution in [1.29, 1.82) is 0 Å². The first-order valence-corrected chi connectivity index (χ1v) is 9.40. The lowest BCUT2D eigenvalue weighted by molar-refractivity contribution is 0.102. The number of carbonyl (C=O) groups is 1. The Morgan fingerprint density at radius 1 is 1.14 bits per heavy atom. The van der Waals surface area contributed by atoms with Crippen LogP contribution in [0.4, 0.5) is 5.69 Å². The average molecular weight is 398 g/mol. The summed E-state index contributed by atoms with van der Waals surface area (Å²) in [6.07, 6.45) is 2.53. The van der Waals surface area contributed by atoms with Gasteiger partial charge in [-0.25, -0.2) is 0 Å². The van der Waals surface area contributed by atoms with Crippen LogP contribution < -0.4 is 14.8 Å². The molecule has 1 aromatic heterocycles. The van der Waals surface area contributed by atoms with Gasteiger partial charge in [-0.05, 0) is 42.8 Å². The number of carbonyl (C=O) groups excluding carboxylic acids is 1. The van der Waals surface area contributed by atoms with Crippen molar-refractivity contribution in [1.82, 2.24) is 9.78 Å². The van der Waals surface area contributed by atoms with E-state index in [1.165, 1.54) is 0 Å². The molecule has 7 heteroatoms. The molecule has 4 rings (SSSR count). The summed E-state index contributed by atoms with van der Waals surface area (Å²) < 4.78 is 13.1. The Morgan fingerprint density at radius 2 is 1.93 bits per heavy atom. The summed E-state index contributed by atoms with van der Waals surface area (Å²) in [5, 5.41) is 7.97. The lowest BCUT2D eigenvalue weighted by atomic mass is 10.1. The normalized spacial score (nSPS) is 13.1. The number of amides is 1. The smallest absolute Gasteiger partial charge is 0.259 e. The summed E-state index contributed by atoms with van der Waals surface area (Å²) in [6.45, 7) is 3.14. The van der Waals surface area contributed by atoms with Gasteiger partial charge in [0.05, 0.1) is 18.8 Å². The molecule has 0 saturated heterocycles. The number of hydrogen-bond acceptors (Lipinski definition) is 4. The van der Waals surface area contributed by atoms with Crippen molar-refractivity contribution in [3.8, 4) is 22.8 Å². The zero-order chi connectivity index (χ0) is 19.7. The molecule has 1 N–H and O–H groups in total. The van der Waals surface area contributed by atoms with Crippen molar-refractivity contribution >= 4 is 23.2 Å². The largest absolute Gasteiger partial charge is 0.490 e. The minimum atomic E-state index is -0.255. The van der Waals surface area contributed by atoms with Crippen LogP contribution >= 0.6 is 11.6 Å². The number of benzene rings is 2. The highest BCUT2D eigenvalue weighted by Crippen LogP contribution is 2.35. The van der Waals surface area contributed by atoms with Crippen molar-refractivity contribution in [3.63, 3.8) is 0 Å². The Bertz CT molecular complexity index is 1050. The molecule has 144 valence electrons. The highest BCUT2D eigenvalue weighted by Gasteiger charge is 2.20. The summed E-state index contributed by atoms with van der Waals surface area (Å²) in [5.74, 6) is 1.12. The molecule has 1 aliphatic heterocycles. The van der Waals surface area contributed by atoms with Crippen LogP contribution in [0.25, 0.3) is 11.3 Å². The lowest BCUT2D eigenvalue weighted by Crippen LogP contribution is -2.12. The van der Waals surface area contributed by atoms with E-state index in [0.717, 1.165) is 17.5 Å². The van der Waals surface area contributed by atoms with E-state index in [0.29, 0.717) is 46.7 Å². The summed E-state index contributed by atoms with van der Waals surface area (Å²) in [7, 11) is 1.78. The summed E-state index contributed by atoms with van der Waals surface area (Å²) in [6, 6.07) is 11.0. The van der Waals surface area contributed by atoms with E-state index in [4.69, 9.17) is 21.1 Å². The van der Waals surface area contributed by atoms with Crippen molar-refractivity contribution in [3.05, 3.63) is 58.7 Å². The molecule has 0 aliphatic carbocycles. The summed E-state index contributed by atoms with van der Waals surface area (Å²) >= 11 is 6.16. The molecule has 0 spiro atoms. The maximum Gasteiger partial charge on any atom is 0.259 e. The van der Waals surface area contributed by atoms with Crippen LogP contribution in [0.1, 0.15) is 22.3 Å². The van der Waals surface area contributed by atoms with E-state index in [-0.39, 0.29) is 5.91 Å². The number of hydrogen-bond donors (Lipinski definition) is 1. The Morgan fingerprint density at radius 3 is 2.71 bits per heavy atom. The van der Waals surface area contributed by atoms with Crippen molar-refractivity contribution in [2.24, 2.45) is 7.05 Å². The maximum atomic E-state index is 12.9. The van der Waals surface area contributed by atoms with Gasteiger partial charge in [0.25, 0.3) is 5.91 Å². The molecule has 28 heavy (non-hydrogen) atoms. The monoisotopic (exact) mass is 397 g/mol. The Balaban J connectivity index is 1.66. The molecule has 2 aromatic carbocycles. The number of halogens is 1. The van der Waals surface area contributed by atoms with Gasteiger partial charge in [0.2, 0.25) is 0 Å². The first-order chi connectivity index (χ1) is 13.5. The molecule has 6 nitrogen and oxygen atoms in total. The molecule has 3 aromatic rings. The van der Waals surface area contributed by atoms with Crippen LogP contribution in [-0.4, -0.2) is 28.9 Å². The standard InChI is InChI=1S/C21H20ClN3O3/c1-13-4-6-15(11-17(13)22)23-21(26)16-12-25(2)24-20(16)14-5-7-18-19(10-14)28-9-3-8-27-18/h4-7,10-12H,3,8-9H2,1-2H3,(H,23,26). The van der Waals surface area contributed by atoms with Crippen LogP contribution in [0.2, 0.25) is 5.02 Å². The van der Waals surface area contributed by atoms with Crippen molar-refractivity contribution < 1.29 is 14.3 Å². The first-order valence-electron chi connectivity index (χ1n) is 9.02. The van der Waals surface area contributed by atoms with Crippen LogP contribution in [0.15, 0.2) is 42.6 Å². The van der Waals surface area contributed by atoms with Gasteiger partial charge >= 0.3 is 0 Å². The zero-order valence-electron chi connectivity index (χ0n) is 15.7. The quantitative estimate of drug-likeness (QED) is 0.708. The van der Waals surface area contributed by atoms with Crippen LogP contribution in [0.5, 0.6) is 11.5 Å². The Labute approximate surface area is 168 Å². The number of aromatic nitrogens is 2. The molecule has 0 atom stereocenters. The van der Waals surface area contributed by atoms with Gasteiger partial charge in [-0.1, -0.05) is 17.7 Å². The Hall–Kier alpha value is -2.99. The first kappa shape index (κ1) is 18.4. The van der Waals surface area contributed by atoms with E-state index in [9.17, 15) is 4.79 Å². The summed E-state index contributed by atoms with van der Waals surface area (Å²) in [5.41, 5.74) is 3.42. The number of fused-ring (bicyclic) bond motifs is 1. The number of nitrogens with zero attached hydrogens (tertiary/aromatic N) is 2. The molecule has 2 heterocycles. The number of anilines is 1. The second-order valence-corrected chi connectivity index (χ2v) is 7.10. The summed E-state index contributed by atoms with van der Waals surface area (Å²) in [4.78, 5) is 12.9. The number of ether oxygens (including phenoxy) is 2. The molecular formula is C21H20ClN3O3. The number of aryl methyl sites for hydroxylation is 2. The highest BCUT2D eigenvalue weighted by atomic mass is 35.5. The molecule has 1 aliphatic rings. The van der Waals surface area contributed by atoms with Gasteiger partial charge in [-0.3, -0.25) is 9.48 Å². The van der Waals surface area contributed by atoms with Gasteiger partial charge in [0.15, 0.2) is 11.5 Å². The SMILES string of the molecule is Cc1ccc(NC(=O)c2cn(C)nc2-c2ccc3c(c2)OCCCO3)cc1Cl. The van der Waals surface area contributed by atoms with E-state index in [1.807, 2.05) is 37.3 Å². The van der Waals surface area contributed by atoms with E-state index in [2.05, 4.69) is 10.4 Å². The third-order valence-electron chi connectivity index (χ3n) is 4.52. The predicted molar refractivity (Wildman–Crippen MR) is 108 cm³/mol. The fourth-order valence-corrected chi connectivity index (χ4v) is 3.23. The minimum Gasteiger partial charge on any atom is -0.490 e. The van der Waals surface area contributed by atoms with Gasteiger partial charge < -0.3 is 14.8 Å². The van der Waals surface area contributed by atoms with E-state index >= 15 is 0 Å². The Kier molecular flexibility index (Phi) is 4.96. The average Bonchev–Trinajstić information content (AvgIpc) is 2.92. The molecule has 0 saturated carbocycles. The number of nitrogens with one attached hydrogen (secondary N) is 1. The van der Waals surface area contributed by atoms with Crippen molar-refractivity contribution in [2.45, 2.75) is 13.3 Å². The maximum absolute atomic E-state index is 12.9. The van der Waals surface area contributed by atoms with Crippen LogP contribution in [0, 0.1) is 6.92 Å². The molecule has 0 unspecified atom stereocenters. The van der Waals surface area contributed by atoms with Crippen molar-refractivity contribution in [2.75, 3.05) is 18.5 Å². The van der Waals surface area contributed by atoms with E-state index < -0.39 is 0 Å². The van der Waals surface area contributed by atoms with E-state index in [1.54, 1.807) is 24.0 Å². The lowest BCUT2D eigenvalue weighted by Gasteiger charge is -2.10. The fourth-order valence-electron chi connectivity index (χ4n) is 3.05. The third kappa shape index (κ3) is 3.68. The van der Waals surface area contributed by atoms with Gasteiger partial charge in [-0.2, -0.15) is 5.10 Å². The molecule has 0 fully saturated rings. The van der Waals surface area contributed by atoms with Gasteiger partial charge in [-0.15, -0.1) is 0 Å².